The molecule has 5 nitrogen and oxygen atoms in total. The fraction of sp³-hybridized carbons (Fsp3) is 0.929. The van der Waals surface area contributed by atoms with E-state index in [0.717, 1.165) is 38.6 Å². The summed E-state index contributed by atoms with van der Waals surface area (Å²) in [6.45, 7) is 4.19. The van der Waals surface area contributed by atoms with Gasteiger partial charge in [-0.25, -0.2) is 0 Å². The summed E-state index contributed by atoms with van der Waals surface area (Å²) in [4.78, 5) is 13.1. The Hall–Kier alpha value is -0.650. The quantitative estimate of drug-likeness (QED) is 0.656. The van der Waals surface area contributed by atoms with Crippen LogP contribution in [0.3, 0.4) is 0 Å². The van der Waals surface area contributed by atoms with Crippen LogP contribution in [0.5, 0.6) is 0 Å². The molecular weight excluding hydrogens is 246 g/mol. The average molecular weight is 273 g/mol. The van der Waals surface area contributed by atoms with Gasteiger partial charge in [-0.1, -0.05) is 26.2 Å². The van der Waals surface area contributed by atoms with Gasteiger partial charge < -0.3 is 14.9 Å². The Balaban J connectivity index is 2.35. The van der Waals surface area contributed by atoms with Crippen LogP contribution in [-0.4, -0.2) is 59.5 Å². The van der Waals surface area contributed by atoms with E-state index in [0.29, 0.717) is 26.2 Å². The van der Waals surface area contributed by atoms with E-state index >= 15 is 0 Å². The van der Waals surface area contributed by atoms with Crippen molar-refractivity contribution in [2.45, 2.75) is 57.6 Å². The maximum absolute atomic E-state index is 11.2. The highest BCUT2D eigenvalue weighted by atomic mass is 16.5. The summed E-state index contributed by atoms with van der Waals surface area (Å²) in [6.07, 6.45) is 5.18. The van der Waals surface area contributed by atoms with E-state index in [-0.39, 0.29) is 0 Å². The van der Waals surface area contributed by atoms with Gasteiger partial charge in [0.1, 0.15) is 6.04 Å². The molecule has 1 heterocycles. The molecule has 0 saturated carbocycles. The van der Waals surface area contributed by atoms with Gasteiger partial charge in [-0.3, -0.25) is 9.69 Å². The minimum Gasteiger partial charge on any atom is -0.480 e. The molecule has 5 heteroatoms. The summed E-state index contributed by atoms with van der Waals surface area (Å²) in [5.41, 5.74) is 0. The second kappa shape index (κ2) is 9.28. The second-order valence-electron chi connectivity index (χ2n) is 5.28. The number of aliphatic hydroxyl groups excluding tert-OH is 1. The van der Waals surface area contributed by atoms with E-state index in [2.05, 4.69) is 6.92 Å². The van der Waals surface area contributed by atoms with Crippen LogP contribution in [0.2, 0.25) is 0 Å². The zero-order valence-corrected chi connectivity index (χ0v) is 11.9. The first-order chi connectivity index (χ1) is 9.15. The SMILES string of the molecule is CCCCOCC(O)CN1CCCCCC1C(=O)O. The monoisotopic (exact) mass is 273 g/mol. The van der Waals surface area contributed by atoms with E-state index in [1.165, 1.54) is 0 Å². The number of carboxylic acid groups (broad SMARTS) is 1. The molecule has 0 radical (unpaired) electrons. The first-order valence-electron chi connectivity index (χ1n) is 7.37. The predicted molar refractivity (Wildman–Crippen MR) is 73.2 cm³/mol. The predicted octanol–water partition coefficient (Wildman–Crippen LogP) is 1.49. The Labute approximate surface area is 115 Å². The molecule has 2 unspecified atom stereocenters. The third-order valence-electron chi connectivity index (χ3n) is 3.55. The standard InChI is InChI=1S/C14H27NO4/c1-2-3-9-19-11-12(16)10-15-8-6-4-5-7-13(15)14(17)18/h12-13,16H,2-11H2,1H3,(H,17,18). The first kappa shape index (κ1) is 16.4. The second-order valence-corrected chi connectivity index (χ2v) is 5.28. The van der Waals surface area contributed by atoms with Crippen molar-refractivity contribution in [3.05, 3.63) is 0 Å². The normalized spacial score (nSPS) is 22.9. The van der Waals surface area contributed by atoms with Crippen molar-refractivity contribution in [1.82, 2.24) is 4.90 Å². The van der Waals surface area contributed by atoms with E-state index in [1.54, 1.807) is 0 Å². The van der Waals surface area contributed by atoms with E-state index in [4.69, 9.17) is 4.74 Å². The van der Waals surface area contributed by atoms with Crippen molar-refractivity contribution >= 4 is 5.97 Å². The zero-order valence-electron chi connectivity index (χ0n) is 11.9. The highest BCUT2D eigenvalue weighted by Gasteiger charge is 2.28. The van der Waals surface area contributed by atoms with Gasteiger partial charge >= 0.3 is 5.97 Å². The van der Waals surface area contributed by atoms with Crippen LogP contribution in [0.25, 0.3) is 0 Å². The summed E-state index contributed by atoms with van der Waals surface area (Å²) in [7, 11) is 0. The number of carboxylic acids is 1. The smallest absolute Gasteiger partial charge is 0.320 e. The van der Waals surface area contributed by atoms with E-state index in [1.807, 2.05) is 4.90 Å². The molecule has 2 atom stereocenters. The maximum Gasteiger partial charge on any atom is 0.320 e. The van der Waals surface area contributed by atoms with Gasteiger partial charge in [-0.2, -0.15) is 0 Å². The Kier molecular flexibility index (Phi) is 8.02. The Bertz CT molecular complexity index is 260. The Morgan fingerprint density at radius 1 is 1.42 bits per heavy atom. The summed E-state index contributed by atoms with van der Waals surface area (Å²) < 4.78 is 5.38. The number of hydrogen-bond acceptors (Lipinski definition) is 4. The van der Waals surface area contributed by atoms with Gasteiger partial charge in [0.2, 0.25) is 0 Å². The lowest BCUT2D eigenvalue weighted by Crippen LogP contribution is -2.45. The molecule has 1 saturated heterocycles. The molecule has 1 aliphatic heterocycles. The lowest BCUT2D eigenvalue weighted by Gasteiger charge is -2.28. The molecule has 1 fully saturated rings. The molecule has 0 bridgehead atoms. The van der Waals surface area contributed by atoms with Gasteiger partial charge in [-0.05, 0) is 25.8 Å². The molecule has 0 aromatic carbocycles. The highest BCUT2D eigenvalue weighted by molar-refractivity contribution is 5.73. The van der Waals surface area contributed by atoms with Crippen molar-refractivity contribution in [1.29, 1.82) is 0 Å². The number of aliphatic hydroxyl groups is 1. The van der Waals surface area contributed by atoms with Gasteiger partial charge in [0.25, 0.3) is 0 Å². The molecule has 0 aliphatic carbocycles. The van der Waals surface area contributed by atoms with Crippen molar-refractivity contribution in [3.8, 4) is 0 Å². The van der Waals surface area contributed by atoms with Crippen LogP contribution in [0.1, 0.15) is 45.4 Å². The number of aliphatic carboxylic acids is 1. The van der Waals surface area contributed by atoms with Crippen LogP contribution in [0.15, 0.2) is 0 Å². The summed E-state index contributed by atoms with van der Waals surface area (Å²) >= 11 is 0. The highest BCUT2D eigenvalue weighted by Crippen LogP contribution is 2.17. The average Bonchev–Trinajstić information content (AvgIpc) is 2.60. The molecule has 0 spiro atoms. The summed E-state index contributed by atoms with van der Waals surface area (Å²) in [6, 6.07) is -0.451. The van der Waals surface area contributed by atoms with Crippen molar-refractivity contribution in [3.63, 3.8) is 0 Å². The van der Waals surface area contributed by atoms with Crippen molar-refractivity contribution in [2.24, 2.45) is 0 Å². The molecule has 1 rings (SSSR count). The fourth-order valence-electron chi connectivity index (χ4n) is 2.46. The Morgan fingerprint density at radius 3 is 2.89 bits per heavy atom. The number of carbonyl (C=O) groups is 1. The lowest BCUT2D eigenvalue weighted by molar-refractivity contribution is -0.144. The lowest BCUT2D eigenvalue weighted by atomic mass is 10.1. The van der Waals surface area contributed by atoms with Gasteiger partial charge in [0, 0.05) is 13.2 Å². The largest absolute Gasteiger partial charge is 0.480 e. The molecule has 2 N–H and O–H groups in total. The number of β-amino-alcohol motifs (C(OH)–C–C–N with tert-alkyl or cyclic N) is 1. The number of nitrogens with zero attached hydrogens (tertiary/aromatic N) is 1. The summed E-state index contributed by atoms with van der Waals surface area (Å²) in [5.74, 6) is -0.777. The molecule has 19 heavy (non-hydrogen) atoms. The van der Waals surface area contributed by atoms with E-state index in [9.17, 15) is 15.0 Å². The molecule has 1 aliphatic rings. The van der Waals surface area contributed by atoms with Crippen LogP contribution in [-0.2, 0) is 9.53 Å². The van der Waals surface area contributed by atoms with Crippen LogP contribution in [0, 0.1) is 0 Å². The summed E-state index contributed by atoms with van der Waals surface area (Å²) in [5, 5.41) is 19.2. The molecule has 0 aromatic rings. The number of rotatable bonds is 8. The first-order valence-corrected chi connectivity index (χ1v) is 7.37. The molecular formula is C14H27NO4. The topological polar surface area (TPSA) is 70.0 Å². The van der Waals surface area contributed by atoms with Crippen molar-refractivity contribution < 1.29 is 19.7 Å². The molecule has 0 aromatic heterocycles. The molecule has 112 valence electrons. The third kappa shape index (κ3) is 6.36. The molecule has 0 amide bonds. The van der Waals surface area contributed by atoms with E-state index < -0.39 is 18.1 Å². The van der Waals surface area contributed by atoms with Gasteiger partial charge in [-0.15, -0.1) is 0 Å². The third-order valence-corrected chi connectivity index (χ3v) is 3.55. The van der Waals surface area contributed by atoms with Crippen LogP contribution >= 0.6 is 0 Å². The number of likely N-dealkylation sites (tertiary alicyclic amines) is 1. The number of ether oxygens (including phenoxy) is 1. The zero-order chi connectivity index (χ0) is 14.1. The van der Waals surface area contributed by atoms with Gasteiger partial charge in [0.05, 0.1) is 12.7 Å². The van der Waals surface area contributed by atoms with Crippen LogP contribution < -0.4 is 0 Å². The number of unbranched alkanes of at least 4 members (excludes halogenated alkanes) is 1. The minimum atomic E-state index is -0.777. The number of hydrogen-bond donors (Lipinski definition) is 2. The van der Waals surface area contributed by atoms with Gasteiger partial charge in [0.15, 0.2) is 0 Å². The fourth-order valence-corrected chi connectivity index (χ4v) is 2.46. The minimum absolute atomic E-state index is 0.294. The maximum atomic E-state index is 11.2. The Morgan fingerprint density at radius 2 is 2.21 bits per heavy atom. The van der Waals surface area contributed by atoms with Crippen molar-refractivity contribution in [2.75, 3.05) is 26.3 Å². The van der Waals surface area contributed by atoms with Crippen LogP contribution in [0.4, 0.5) is 0 Å².